The Hall–Kier alpha value is -0.430. The zero-order chi connectivity index (χ0) is 10.8. The molecule has 0 aliphatic carbocycles. The molecule has 1 aromatic rings. The number of rotatable bonds is 4. The molecular formula is C12H19ClO. The van der Waals surface area contributed by atoms with Crippen LogP contribution < -0.4 is 0 Å². The molecule has 1 aromatic heterocycles. The molecule has 0 aliphatic rings. The van der Waals surface area contributed by atoms with Crippen molar-refractivity contribution in [1.29, 1.82) is 0 Å². The first kappa shape index (κ1) is 11.6. The van der Waals surface area contributed by atoms with Gasteiger partial charge in [-0.05, 0) is 19.4 Å². The van der Waals surface area contributed by atoms with Gasteiger partial charge in [0.2, 0.25) is 0 Å². The van der Waals surface area contributed by atoms with Gasteiger partial charge >= 0.3 is 0 Å². The molecule has 0 N–H and O–H groups in total. The van der Waals surface area contributed by atoms with Gasteiger partial charge in [0.25, 0.3) is 0 Å². The van der Waals surface area contributed by atoms with Gasteiger partial charge < -0.3 is 4.42 Å². The van der Waals surface area contributed by atoms with Crippen LogP contribution in [0.3, 0.4) is 0 Å². The minimum Gasteiger partial charge on any atom is -0.464 e. The summed E-state index contributed by atoms with van der Waals surface area (Å²) < 4.78 is 5.64. The van der Waals surface area contributed by atoms with E-state index in [4.69, 9.17) is 16.0 Å². The second-order valence-electron chi connectivity index (χ2n) is 4.52. The Morgan fingerprint density at radius 2 is 2.07 bits per heavy atom. The predicted molar refractivity (Wildman–Crippen MR) is 61.0 cm³/mol. The largest absolute Gasteiger partial charge is 0.464 e. The molecular weight excluding hydrogens is 196 g/mol. The quantitative estimate of drug-likeness (QED) is 0.708. The van der Waals surface area contributed by atoms with Crippen molar-refractivity contribution in [2.24, 2.45) is 0 Å². The van der Waals surface area contributed by atoms with E-state index in [-0.39, 0.29) is 5.41 Å². The molecule has 0 radical (unpaired) electrons. The molecule has 0 aliphatic heterocycles. The van der Waals surface area contributed by atoms with E-state index in [0.29, 0.717) is 0 Å². The summed E-state index contributed by atoms with van der Waals surface area (Å²) >= 11 is 6.11. The Morgan fingerprint density at radius 1 is 1.43 bits per heavy atom. The van der Waals surface area contributed by atoms with Gasteiger partial charge in [-0.1, -0.05) is 45.2 Å². The molecule has 1 nitrogen and oxygen atoms in total. The van der Waals surface area contributed by atoms with Gasteiger partial charge in [-0.3, -0.25) is 0 Å². The van der Waals surface area contributed by atoms with Gasteiger partial charge in [-0.25, -0.2) is 0 Å². The second kappa shape index (κ2) is 4.39. The molecule has 0 spiro atoms. The van der Waals surface area contributed by atoms with Crippen LogP contribution in [0.25, 0.3) is 0 Å². The van der Waals surface area contributed by atoms with Gasteiger partial charge in [0.05, 0.1) is 5.02 Å². The Balaban J connectivity index is 2.85. The molecule has 0 atom stereocenters. The lowest BCUT2D eigenvalue weighted by Gasteiger charge is -2.22. The summed E-state index contributed by atoms with van der Waals surface area (Å²) in [4.78, 5) is 0. The minimum absolute atomic E-state index is 0.0569. The Bertz CT molecular complexity index is 299. The van der Waals surface area contributed by atoms with E-state index in [1.54, 1.807) is 0 Å². The van der Waals surface area contributed by atoms with Gasteiger partial charge in [0, 0.05) is 5.41 Å². The monoisotopic (exact) mass is 214 g/mol. The predicted octanol–water partition coefficient (Wildman–Crippen LogP) is 4.71. The fraction of sp³-hybridized carbons (Fsp3) is 0.667. The third-order valence-electron chi connectivity index (χ3n) is 2.58. The lowest BCUT2D eigenvalue weighted by Crippen LogP contribution is -2.16. The highest BCUT2D eigenvalue weighted by Crippen LogP contribution is 2.35. The van der Waals surface area contributed by atoms with Crippen molar-refractivity contribution in [3.8, 4) is 0 Å². The first-order valence-electron chi connectivity index (χ1n) is 5.24. The van der Waals surface area contributed by atoms with E-state index < -0.39 is 0 Å². The van der Waals surface area contributed by atoms with Crippen molar-refractivity contribution >= 4 is 11.6 Å². The summed E-state index contributed by atoms with van der Waals surface area (Å²) in [5.41, 5.74) is 0.0569. The van der Waals surface area contributed by atoms with Gasteiger partial charge in [0.1, 0.15) is 11.5 Å². The number of furan rings is 1. The van der Waals surface area contributed by atoms with E-state index in [0.717, 1.165) is 23.0 Å². The SMILES string of the molecule is CCCCC(C)(C)c1oc(C)cc1Cl. The maximum Gasteiger partial charge on any atom is 0.128 e. The van der Waals surface area contributed by atoms with E-state index in [9.17, 15) is 0 Å². The van der Waals surface area contributed by atoms with Crippen LogP contribution in [0.15, 0.2) is 10.5 Å². The molecule has 1 rings (SSSR count). The normalized spacial score (nSPS) is 12.1. The fourth-order valence-electron chi connectivity index (χ4n) is 1.68. The lowest BCUT2D eigenvalue weighted by atomic mass is 9.85. The van der Waals surface area contributed by atoms with Crippen molar-refractivity contribution in [1.82, 2.24) is 0 Å². The van der Waals surface area contributed by atoms with Crippen LogP contribution in [-0.2, 0) is 5.41 Å². The van der Waals surface area contributed by atoms with Gasteiger partial charge in [0.15, 0.2) is 0 Å². The average Bonchev–Trinajstić information content (AvgIpc) is 2.42. The summed E-state index contributed by atoms with van der Waals surface area (Å²) in [6.07, 6.45) is 3.54. The molecule has 2 heteroatoms. The Labute approximate surface area is 91.4 Å². The maximum absolute atomic E-state index is 6.11. The van der Waals surface area contributed by atoms with Crippen LogP contribution >= 0.6 is 11.6 Å². The number of halogens is 1. The second-order valence-corrected chi connectivity index (χ2v) is 4.93. The van der Waals surface area contributed by atoms with Gasteiger partial charge in [-0.15, -0.1) is 0 Å². The van der Waals surface area contributed by atoms with Crippen molar-refractivity contribution < 1.29 is 4.42 Å². The van der Waals surface area contributed by atoms with Gasteiger partial charge in [-0.2, -0.15) is 0 Å². The van der Waals surface area contributed by atoms with Crippen molar-refractivity contribution in [2.75, 3.05) is 0 Å². The molecule has 0 fully saturated rings. The van der Waals surface area contributed by atoms with E-state index in [2.05, 4.69) is 20.8 Å². The summed E-state index contributed by atoms with van der Waals surface area (Å²) in [5, 5.41) is 0.767. The van der Waals surface area contributed by atoms with Crippen LogP contribution in [0.1, 0.15) is 51.6 Å². The third kappa shape index (κ3) is 2.54. The summed E-state index contributed by atoms with van der Waals surface area (Å²) in [6.45, 7) is 8.51. The number of aryl methyl sites for hydroxylation is 1. The average molecular weight is 215 g/mol. The highest BCUT2D eigenvalue weighted by atomic mass is 35.5. The topological polar surface area (TPSA) is 13.1 Å². The summed E-state index contributed by atoms with van der Waals surface area (Å²) in [5.74, 6) is 1.83. The fourth-order valence-corrected chi connectivity index (χ4v) is 2.12. The molecule has 0 unspecified atom stereocenters. The van der Waals surface area contributed by atoms with E-state index >= 15 is 0 Å². The zero-order valence-electron chi connectivity index (χ0n) is 9.48. The standard InChI is InChI=1S/C12H19ClO/c1-5-6-7-12(3,4)11-10(13)8-9(2)14-11/h8H,5-7H2,1-4H3. The first-order chi connectivity index (χ1) is 6.47. The third-order valence-corrected chi connectivity index (χ3v) is 2.86. The molecule has 0 saturated carbocycles. The number of hydrogen-bond donors (Lipinski definition) is 0. The van der Waals surface area contributed by atoms with Crippen LogP contribution in [0.4, 0.5) is 0 Å². The Kier molecular flexibility index (Phi) is 3.65. The maximum atomic E-state index is 6.11. The lowest BCUT2D eigenvalue weighted by molar-refractivity contribution is 0.347. The highest BCUT2D eigenvalue weighted by molar-refractivity contribution is 6.31. The van der Waals surface area contributed by atoms with Crippen molar-refractivity contribution in [3.05, 3.63) is 22.6 Å². The van der Waals surface area contributed by atoms with Crippen LogP contribution in [0.5, 0.6) is 0 Å². The summed E-state index contributed by atoms with van der Waals surface area (Å²) in [6, 6.07) is 1.89. The zero-order valence-corrected chi connectivity index (χ0v) is 10.2. The van der Waals surface area contributed by atoms with Crippen LogP contribution in [-0.4, -0.2) is 0 Å². The molecule has 0 amide bonds. The number of hydrogen-bond acceptors (Lipinski definition) is 1. The molecule has 1 heterocycles. The van der Waals surface area contributed by atoms with Crippen LogP contribution in [0.2, 0.25) is 5.02 Å². The minimum atomic E-state index is 0.0569. The van der Waals surface area contributed by atoms with Crippen molar-refractivity contribution in [3.63, 3.8) is 0 Å². The molecule has 0 saturated heterocycles. The molecule has 0 bridgehead atoms. The van der Waals surface area contributed by atoms with Crippen molar-refractivity contribution in [2.45, 2.75) is 52.4 Å². The molecule has 0 aromatic carbocycles. The molecule has 80 valence electrons. The first-order valence-corrected chi connectivity index (χ1v) is 5.61. The Morgan fingerprint density at radius 3 is 2.50 bits per heavy atom. The highest BCUT2D eigenvalue weighted by Gasteiger charge is 2.26. The molecule has 14 heavy (non-hydrogen) atoms. The van der Waals surface area contributed by atoms with Crippen LogP contribution in [0, 0.1) is 6.92 Å². The van der Waals surface area contributed by atoms with E-state index in [1.165, 1.54) is 12.8 Å². The van der Waals surface area contributed by atoms with E-state index in [1.807, 2.05) is 13.0 Å². The number of unbranched alkanes of at least 4 members (excludes halogenated alkanes) is 1. The summed E-state index contributed by atoms with van der Waals surface area (Å²) in [7, 11) is 0. The smallest absolute Gasteiger partial charge is 0.128 e.